The smallest absolute Gasteiger partial charge is 0.149 e. The Morgan fingerprint density at radius 3 is 2.60 bits per heavy atom. The Labute approximate surface area is 85.4 Å². The van der Waals surface area contributed by atoms with Gasteiger partial charge in [-0.05, 0) is 12.1 Å². The minimum absolute atomic E-state index is 0.0738. The first-order valence-corrected chi connectivity index (χ1v) is 4.33. The van der Waals surface area contributed by atoms with Crippen LogP contribution < -0.4 is 5.73 Å². The van der Waals surface area contributed by atoms with Crippen molar-refractivity contribution >= 4 is 5.69 Å². The number of halogens is 2. The molecule has 0 spiro atoms. The molecule has 0 atom stereocenters. The average molecular weight is 206 g/mol. The van der Waals surface area contributed by atoms with Crippen molar-refractivity contribution in [3.63, 3.8) is 0 Å². The lowest BCUT2D eigenvalue weighted by Gasteiger charge is -2.04. The SMILES string of the molecule is Nc1cc(-c2cccnc2)c(F)cc1F. The molecule has 2 nitrogen and oxygen atoms in total. The van der Waals surface area contributed by atoms with Gasteiger partial charge < -0.3 is 5.73 Å². The van der Waals surface area contributed by atoms with Crippen LogP contribution in [-0.2, 0) is 0 Å². The van der Waals surface area contributed by atoms with Crippen LogP contribution in [0.15, 0.2) is 36.7 Å². The van der Waals surface area contributed by atoms with Crippen molar-refractivity contribution in [3.8, 4) is 11.1 Å². The largest absolute Gasteiger partial charge is 0.396 e. The maximum Gasteiger partial charge on any atom is 0.149 e. The summed E-state index contributed by atoms with van der Waals surface area (Å²) in [6, 6.07) is 5.40. The summed E-state index contributed by atoms with van der Waals surface area (Å²) >= 11 is 0. The molecule has 0 fully saturated rings. The summed E-state index contributed by atoms with van der Waals surface area (Å²) in [4.78, 5) is 3.85. The van der Waals surface area contributed by atoms with E-state index < -0.39 is 11.6 Å². The van der Waals surface area contributed by atoms with Crippen LogP contribution in [0, 0.1) is 11.6 Å². The fourth-order valence-electron chi connectivity index (χ4n) is 1.31. The number of hydrogen-bond acceptors (Lipinski definition) is 2. The first-order chi connectivity index (χ1) is 7.18. The quantitative estimate of drug-likeness (QED) is 0.728. The van der Waals surface area contributed by atoms with Gasteiger partial charge in [0.1, 0.15) is 11.6 Å². The molecule has 2 N–H and O–H groups in total. The number of nitrogen functional groups attached to an aromatic ring is 1. The van der Waals surface area contributed by atoms with Crippen molar-refractivity contribution in [1.29, 1.82) is 0 Å². The molecular weight excluding hydrogens is 198 g/mol. The van der Waals surface area contributed by atoms with E-state index >= 15 is 0 Å². The van der Waals surface area contributed by atoms with Crippen LogP contribution in [0.1, 0.15) is 0 Å². The maximum absolute atomic E-state index is 13.4. The highest BCUT2D eigenvalue weighted by Gasteiger charge is 2.09. The molecule has 15 heavy (non-hydrogen) atoms. The third kappa shape index (κ3) is 1.79. The van der Waals surface area contributed by atoms with Crippen LogP contribution in [0.4, 0.5) is 14.5 Å². The second kappa shape index (κ2) is 3.65. The minimum Gasteiger partial charge on any atom is -0.396 e. The zero-order valence-electron chi connectivity index (χ0n) is 7.74. The third-order valence-electron chi connectivity index (χ3n) is 2.06. The van der Waals surface area contributed by atoms with E-state index in [9.17, 15) is 8.78 Å². The van der Waals surface area contributed by atoms with Crippen LogP contribution in [-0.4, -0.2) is 4.98 Å². The van der Waals surface area contributed by atoms with E-state index in [1.165, 1.54) is 12.3 Å². The van der Waals surface area contributed by atoms with E-state index in [0.29, 0.717) is 5.56 Å². The van der Waals surface area contributed by atoms with Crippen LogP contribution in [0.2, 0.25) is 0 Å². The monoisotopic (exact) mass is 206 g/mol. The van der Waals surface area contributed by atoms with Gasteiger partial charge >= 0.3 is 0 Å². The summed E-state index contributed by atoms with van der Waals surface area (Å²) < 4.78 is 26.3. The molecule has 0 saturated carbocycles. The number of aromatic nitrogens is 1. The van der Waals surface area contributed by atoms with Crippen molar-refractivity contribution in [2.75, 3.05) is 5.73 Å². The molecule has 0 aliphatic heterocycles. The van der Waals surface area contributed by atoms with Gasteiger partial charge in [0, 0.05) is 29.6 Å². The molecule has 1 aromatic carbocycles. The molecule has 0 bridgehead atoms. The molecule has 0 unspecified atom stereocenters. The molecule has 1 heterocycles. The zero-order chi connectivity index (χ0) is 10.8. The maximum atomic E-state index is 13.4. The van der Waals surface area contributed by atoms with Crippen LogP contribution in [0.5, 0.6) is 0 Å². The van der Waals surface area contributed by atoms with Gasteiger partial charge in [0.25, 0.3) is 0 Å². The topological polar surface area (TPSA) is 38.9 Å². The van der Waals surface area contributed by atoms with Crippen LogP contribution in [0.3, 0.4) is 0 Å². The molecule has 2 aromatic rings. The Balaban J connectivity index is 2.59. The normalized spacial score (nSPS) is 10.3. The molecule has 0 amide bonds. The van der Waals surface area contributed by atoms with Gasteiger partial charge in [-0.2, -0.15) is 0 Å². The molecular formula is C11H8F2N2. The van der Waals surface area contributed by atoms with Gasteiger partial charge in [-0.25, -0.2) is 8.78 Å². The minimum atomic E-state index is -0.750. The number of hydrogen-bond donors (Lipinski definition) is 1. The molecule has 76 valence electrons. The summed E-state index contributed by atoms with van der Waals surface area (Å²) in [6.45, 7) is 0. The van der Waals surface area contributed by atoms with Crippen LogP contribution >= 0.6 is 0 Å². The molecule has 0 aliphatic rings. The fourth-order valence-corrected chi connectivity index (χ4v) is 1.31. The molecule has 1 aromatic heterocycles. The van der Waals surface area contributed by atoms with E-state index in [0.717, 1.165) is 6.07 Å². The van der Waals surface area contributed by atoms with Gasteiger partial charge in [0.05, 0.1) is 5.69 Å². The summed E-state index contributed by atoms with van der Waals surface area (Å²) in [6.07, 6.45) is 3.07. The number of anilines is 1. The predicted molar refractivity (Wildman–Crippen MR) is 54.0 cm³/mol. The predicted octanol–water partition coefficient (Wildman–Crippen LogP) is 2.61. The summed E-state index contributed by atoms with van der Waals surface area (Å²) in [5, 5.41) is 0. The fraction of sp³-hybridized carbons (Fsp3) is 0. The first kappa shape index (κ1) is 9.58. The van der Waals surface area contributed by atoms with E-state index in [2.05, 4.69) is 4.98 Å². The summed E-state index contributed by atoms with van der Waals surface area (Å²) in [5.41, 5.74) is 6.11. The lowest BCUT2D eigenvalue weighted by molar-refractivity contribution is 0.588. The summed E-state index contributed by atoms with van der Waals surface area (Å²) in [5.74, 6) is -1.39. The Morgan fingerprint density at radius 2 is 1.93 bits per heavy atom. The number of nitrogens with zero attached hydrogens (tertiary/aromatic N) is 1. The lowest BCUT2D eigenvalue weighted by atomic mass is 10.1. The number of rotatable bonds is 1. The van der Waals surface area contributed by atoms with Crippen molar-refractivity contribution in [3.05, 3.63) is 48.3 Å². The second-order valence-corrected chi connectivity index (χ2v) is 3.10. The Morgan fingerprint density at radius 1 is 1.13 bits per heavy atom. The van der Waals surface area contributed by atoms with Crippen molar-refractivity contribution in [1.82, 2.24) is 4.98 Å². The highest BCUT2D eigenvalue weighted by molar-refractivity contribution is 5.67. The van der Waals surface area contributed by atoms with E-state index in [4.69, 9.17) is 5.73 Å². The van der Waals surface area contributed by atoms with E-state index in [1.807, 2.05) is 0 Å². The second-order valence-electron chi connectivity index (χ2n) is 3.10. The number of benzene rings is 1. The zero-order valence-corrected chi connectivity index (χ0v) is 7.74. The Kier molecular flexibility index (Phi) is 2.33. The van der Waals surface area contributed by atoms with Gasteiger partial charge in [0.15, 0.2) is 0 Å². The van der Waals surface area contributed by atoms with Gasteiger partial charge in [-0.15, -0.1) is 0 Å². The Hall–Kier alpha value is -1.97. The van der Waals surface area contributed by atoms with E-state index in [-0.39, 0.29) is 11.3 Å². The number of nitrogens with two attached hydrogens (primary N) is 1. The van der Waals surface area contributed by atoms with Crippen LogP contribution in [0.25, 0.3) is 11.1 Å². The average Bonchev–Trinajstić information content (AvgIpc) is 2.25. The molecule has 4 heteroatoms. The molecule has 0 aliphatic carbocycles. The van der Waals surface area contributed by atoms with Gasteiger partial charge in [-0.3, -0.25) is 4.98 Å². The highest BCUT2D eigenvalue weighted by Crippen LogP contribution is 2.25. The van der Waals surface area contributed by atoms with Gasteiger partial charge in [0.2, 0.25) is 0 Å². The third-order valence-corrected chi connectivity index (χ3v) is 2.06. The standard InChI is InChI=1S/C11H8F2N2/c12-9-5-10(13)11(14)4-8(9)7-2-1-3-15-6-7/h1-6H,14H2. The number of pyridine rings is 1. The van der Waals surface area contributed by atoms with Crippen molar-refractivity contribution in [2.24, 2.45) is 0 Å². The van der Waals surface area contributed by atoms with Crippen molar-refractivity contribution < 1.29 is 8.78 Å². The molecule has 0 saturated heterocycles. The van der Waals surface area contributed by atoms with Crippen molar-refractivity contribution in [2.45, 2.75) is 0 Å². The Bertz CT molecular complexity index is 483. The molecule has 0 radical (unpaired) electrons. The van der Waals surface area contributed by atoms with Gasteiger partial charge in [-0.1, -0.05) is 6.07 Å². The molecule has 2 rings (SSSR count). The lowest BCUT2D eigenvalue weighted by Crippen LogP contribution is -1.94. The van der Waals surface area contributed by atoms with E-state index in [1.54, 1.807) is 18.3 Å². The highest BCUT2D eigenvalue weighted by atomic mass is 19.1. The summed E-state index contributed by atoms with van der Waals surface area (Å²) in [7, 11) is 0. The first-order valence-electron chi connectivity index (χ1n) is 4.33.